The van der Waals surface area contributed by atoms with Crippen LogP contribution in [0.1, 0.15) is 32.1 Å². The van der Waals surface area contributed by atoms with Gasteiger partial charge >= 0.3 is 0 Å². The Morgan fingerprint density at radius 2 is 1.83 bits per heavy atom. The number of ether oxygens (including phenoxy) is 1. The minimum atomic E-state index is -0.0703. The molecule has 0 aromatic carbocycles. The fraction of sp³-hybridized carbons (Fsp3) is 1.00. The van der Waals surface area contributed by atoms with Crippen LogP contribution in [0, 0.1) is 11.8 Å². The van der Waals surface area contributed by atoms with Crippen molar-refractivity contribution in [1.82, 2.24) is 0 Å². The molecule has 0 spiro atoms. The van der Waals surface area contributed by atoms with E-state index < -0.39 is 0 Å². The van der Waals surface area contributed by atoms with Crippen molar-refractivity contribution in [2.75, 3.05) is 13.2 Å². The summed E-state index contributed by atoms with van der Waals surface area (Å²) in [7, 11) is 0. The molecule has 2 fully saturated rings. The number of hydrogen-bond donors (Lipinski definition) is 1. The fourth-order valence-electron chi connectivity index (χ4n) is 2.20. The maximum atomic E-state index is 9.91. The van der Waals surface area contributed by atoms with Crippen LogP contribution >= 0.6 is 0 Å². The maximum absolute atomic E-state index is 9.91. The quantitative estimate of drug-likeness (QED) is 0.681. The van der Waals surface area contributed by atoms with Gasteiger partial charge in [-0.05, 0) is 31.6 Å². The molecule has 2 heteroatoms. The predicted molar refractivity (Wildman–Crippen MR) is 46.9 cm³/mol. The van der Waals surface area contributed by atoms with Gasteiger partial charge in [-0.1, -0.05) is 6.42 Å². The average Bonchev–Trinajstić information content (AvgIpc) is 2.03. The van der Waals surface area contributed by atoms with Crippen LogP contribution in [-0.2, 0) is 4.74 Å². The molecule has 2 nitrogen and oxygen atoms in total. The monoisotopic (exact) mass is 170 g/mol. The summed E-state index contributed by atoms with van der Waals surface area (Å²) in [5.41, 5.74) is 0. The van der Waals surface area contributed by atoms with Gasteiger partial charge in [0.15, 0.2) is 0 Å². The zero-order valence-corrected chi connectivity index (χ0v) is 7.54. The van der Waals surface area contributed by atoms with Gasteiger partial charge in [-0.25, -0.2) is 0 Å². The highest BCUT2D eigenvalue weighted by atomic mass is 16.5. The van der Waals surface area contributed by atoms with Gasteiger partial charge in [-0.15, -0.1) is 0 Å². The highest BCUT2D eigenvalue weighted by molar-refractivity contribution is 4.83. The fourth-order valence-corrected chi connectivity index (χ4v) is 2.20. The van der Waals surface area contributed by atoms with Gasteiger partial charge in [0.1, 0.15) is 0 Å². The summed E-state index contributed by atoms with van der Waals surface area (Å²) in [6, 6.07) is 0. The lowest BCUT2D eigenvalue weighted by Gasteiger charge is -2.36. The van der Waals surface area contributed by atoms with E-state index in [0.717, 1.165) is 26.1 Å². The molecule has 0 amide bonds. The van der Waals surface area contributed by atoms with Crippen molar-refractivity contribution >= 4 is 0 Å². The largest absolute Gasteiger partial charge is 0.392 e. The summed E-state index contributed by atoms with van der Waals surface area (Å²) >= 11 is 0. The number of hydrogen-bond acceptors (Lipinski definition) is 2. The van der Waals surface area contributed by atoms with Crippen LogP contribution in [0.4, 0.5) is 0 Å². The standard InChI is InChI=1S/C10H18O2/c11-10(8-3-1-4-8)9-5-2-6-12-7-9/h8-11H,1-7H2. The van der Waals surface area contributed by atoms with Crippen molar-refractivity contribution in [2.24, 2.45) is 11.8 Å². The first-order valence-corrected chi connectivity index (χ1v) is 5.14. The molecule has 0 bridgehead atoms. The van der Waals surface area contributed by atoms with Gasteiger partial charge in [-0.2, -0.15) is 0 Å². The Kier molecular flexibility index (Phi) is 2.66. The average molecular weight is 170 g/mol. The first kappa shape index (κ1) is 8.52. The van der Waals surface area contributed by atoms with Gasteiger partial charge in [0.2, 0.25) is 0 Å². The minimum absolute atomic E-state index is 0.0703. The molecule has 1 saturated heterocycles. The van der Waals surface area contributed by atoms with Crippen LogP contribution < -0.4 is 0 Å². The molecule has 1 aliphatic heterocycles. The Morgan fingerprint density at radius 3 is 2.33 bits per heavy atom. The van der Waals surface area contributed by atoms with E-state index in [1.165, 1.54) is 19.3 Å². The van der Waals surface area contributed by atoms with Gasteiger partial charge < -0.3 is 9.84 Å². The second-order valence-electron chi connectivity index (χ2n) is 4.16. The van der Waals surface area contributed by atoms with E-state index >= 15 is 0 Å². The van der Waals surface area contributed by atoms with Gasteiger partial charge in [0.05, 0.1) is 12.7 Å². The number of rotatable bonds is 2. The van der Waals surface area contributed by atoms with E-state index in [2.05, 4.69) is 0 Å². The molecular formula is C10H18O2. The van der Waals surface area contributed by atoms with Crippen molar-refractivity contribution in [2.45, 2.75) is 38.2 Å². The predicted octanol–water partition coefficient (Wildman–Crippen LogP) is 1.57. The van der Waals surface area contributed by atoms with Crippen molar-refractivity contribution in [3.05, 3.63) is 0 Å². The Labute approximate surface area is 73.9 Å². The van der Waals surface area contributed by atoms with E-state index in [0.29, 0.717) is 11.8 Å². The molecule has 0 aromatic heterocycles. The lowest BCUT2D eigenvalue weighted by atomic mass is 9.75. The van der Waals surface area contributed by atoms with Crippen LogP contribution in [0.2, 0.25) is 0 Å². The minimum Gasteiger partial charge on any atom is -0.392 e. The molecule has 70 valence electrons. The third kappa shape index (κ3) is 1.64. The van der Waals surface area contributed by atoms with E-state index in [9.17, 15) is 5.11 Å². The van der Waals surface area contributed by atoms with E-state index in [4.69, 9.17) is 4.74 Å². The van der Waals surface area contributed by atoms with Crippen LogP contribution in [0.3, 0.4) is 0 Å². The Morgan fingerprint density at radius 1 is 1.08 bits per heavy atom. The van der Waals surface area contributed by atoms with Crippen LogP contribution in [0.5, 0.6) is 0 Å². The molecule has 1 heterocycles. The molecule has 0 aromatic rings. The number of aliphatic hydroxyl groups is 1. The van der Waals surface area contributed by atoms with E-state index in [1.807, 2.05) is 0 Å². The van der Waals surface area contributed by atoms with Crippen LogP contribution in [0.25, 0.3) is 0 Å². The lowest BCUT2D eigenvalue weighted by molar-refractivity contribution is -0.0491. The Hall–Kier alpha value is -0.0800. The van der Waals surface area contributed by atoms with Gasteiger partial charge in [0.25, 0.3) is 0 Å². The normalized spacial score (nSPS) is 34.2. The third-order valence-corrected chi connectivity index (χ3v) is 3.31. The maximum Gasteiger partial charge on any atom is 0.0618 e. The summed E-state index contributed by atoms with van der Waals surface area (Å²) < 4.78 is 5.36. The highest BCUT2D eigenvalue weighted by Crippen LogP contribution is 2.34. The van der Waals surface area contributed by atoms with E-state index in [1.54, 1.807) is 0 Å². The van der Waals surface area contributed by atoms with Crippen molar-refractivity contribution in [3.63, 3.8) is 0 Å². The molecule has 2 atom stereocenters. The van der Waals surface area contributed by atoms with Crippen LogP contribution in [-0.4, -0.2) is 24.4 Å². The highest BCUT2D eigenvalue weighted by Gasteiger charge is 2.32. The summed E-state index contributed by atoms with van der Waals surface area (Å²) in [6.07, 6.45) is 6.01. The summed E-state index contributed by atoms with van der Waals surface area (Å²) in [5, 5.41) is 9.91. The Balaban J connectivity index is 1.80. The molecule has 2 unspecified atom stereocenters. The second kappa shape index (κ2) is 3.75. The van der Waals surface area contributed by atoms with Crippen molar-refractivity contribution in [1.29, 1.82) is 0 Å². The molecule has 2 aliphatic rings. The van der Waals surface area contributed by atoms with E-state index in [-0.39, 0.29) is 6.10 Å². The second-order valence-corrected chi connectivity index (χ2v) is 4.16. The first-order chi connectivity index (χ1) is 5.88. The summed E-state index contributed by atoms with van der Waals surface area (Å²) in [5.74, 6) is 1.03. The smallest absolute Gasteiger partial charge is 0.0618 e. The summed E-state index contributed by atoms with van der Waals surface area (Å²) in [4.78, 5) is 0. The van der Waals surface area contributed by atoms with Crippen molar-refractivity contribution in [3.8, 4) is 0 Å². The SMILES string of the molecule is OC(C1CCC1)C1CCCOC1. The lowest BCUT2D eigenvalue weighted by Crippen LogP contribution is -2.37. The molecular weight excluding hydrogens is 152 g/mol. The van der Waals surface area contributed by atoms with Gasteiger partial charge in [-0.3, -0.25) is 0 Å². The topological polar surface area (TPSA) is 29.5 Å². The molecule has 1 saturated carbocycles. The first-order valence-electron chi connectivity index (χ1n) is 5.14. The zero-order valence-electron chi connectivity index (χ0n) is 7.54. The molecule has 1 aliphatic carbocycles. The number of aliphatic hydroxyl groups excluding tert-OH is 1. The molecule has 12 heavy (non-hydrogen) atoms. The zero-order chi connectivity index (χ0) is 8.39. The molecule has 0 radical (unpaired) electrons. The Bertz CT molecular complexity index is 137. The van der Waals surface area contributed by atoms with Crippen molar-refractivity contribution < 1.29 is 9.84 Å². The van der Waals surface area contributed by atoms with Crippen LogP contribution in [0.15, 0.2) is 0 Å². The molecule has 1 N–H and O–H groups in total. The summed E-state index contributed by atoms with van der Waals surface area (Å²) in [6.45, 7) is 1.69. The van der Waals surface area contributed by atoms with Gasteiger partial charge in [0, 0.05) is 12.5 Å². The third-order valence-electron chi connectivity index (χ3n) is 3.31. The molecule has 2 rings (SSSR count).